The van der Waals surface area contributed by atoms with Gasteiger partial charge in [0, 0.05) is 16.7 Å². The van der Waals surface area contributed by atoms with Crippen LogP contribution in [0.1, 0.15) is 12.5 Å². The number of halogens is 1. The van der Waals surface area contributed by atoms with Gasteiger partial charge in [-0.3, -0.25) is 4.79 Å². The van der Waals surface area contributed by atoms with E-state index in [1.165, 1.54) is 0 Å². The second-order valence-corrected chi connectivity index (χ2v) is 4.76. The van der Waals surface area contributed by atoms with E-state index < -0.39 is 0 Å². The third-order valence-corrected chi connectivity index (χ3v) is 2.80. The van der Waals surface area contributed by atoms with E-state index in [9.17, 15) is 4.79 Å². The molecule has 1 rings (SSSR count). The predicted octanol–water partition coefficient (Wildman–Crippen LogP) is 1.56. The highest BCUT2D eigenvalue weighted by Gasteiger charge is 2.02. The summed E-state index contributed by atoms with van der Waals surface area (Å²) in [4.78, 5) is 11.5. The molecule has 0 atom stereocenters. The minimum Gasteiger partial charge on any atom is -0.355 e. The molecule has 1 amide bonds. The van der Waals surface area contributed by atoms with E-state index in [1.54, 1.807) is 0 Å². The van der Waals surface area contributed by atoms with Crippen molar-refractivity contribution in [3.8, 4) is 0 Å². The Morgan fingerprint density at radius 3 is 2.88 bits per heavy atom. The van der Waals surface area contributed by atoms with Gasteiger partial charge in [0.25, 0.3) is 0 Å². The van der Waals surface area contributed by atoms with Crippen molar-refractivity contribution in [3.05, 3.63) is 33.4 Å². The largest absolute Gasteiger partial charge is 0.355 e. The van der Waals surface area contributed by atoms with Crippen LogP contribution in [0.25, 0.3) is 0 Å². The van der Waals surface area contributed by atoms with Crippen molar-refractivity contribution in [3.63, 3.8) is 0 Å². The summed E-state index contributed by atoms with van der Waals surface area (Å²) in [6, 6.07) is 8.01. The Morgan fingerprint density at radius 1 is 1.38 bits per heavy atom. The van der Waals surface area contributed by atoms with Crippen LogP contribution in [0.4, 0.5) is 0 Å². The summed E-state index contributed by atoms with van der Waals surface area (Å²) in [5.74, 6) is 0.0832. The van der Waals surface area contributed by atoms with Gasteiger partial charge < -0.3 is 10.6 Å². The summed E-state index contributed by atoms with van der Waals surface area (Å²) in [7, 11) is 0. The van der Waals surface area contributed by atoms with Gasteiger partial charge in [-0.1, -0.05) is 19.1 Å². The average Bonchev–Trinajstić information content (AvgIpc) is 2.24. The number of amides is 1. The van der Waals surface area contributed by atoms with Crippen molar-refractivity contribution in [2.24, 2.45) is 0 Å². The molecule has 0 aliphatic rings. The zero-order valence-electron chi connectivity index (χ0n) is 9.42. The molecule has 4 heteroatoms. The van der Waals surface area contributed by atoms with Crippen LogP contribution in [0.5, 0.6) is 0 Å². The van der Waals surface area contributed by atoms with Crippen LogP contribution in [0.15, 0.2) is 24.3 Å². The van der Waals surface area contributed by atoms with E-state index in [0.717, 1.165) is 22.2 Å². The molecule has 1 aromatic rings. The molecular weight excluding hydrogens is 315 g/mol. The van der Waals surface area contributed by atoms with Gasteiger partial charge in [-0.15, -0.1) is 0 Å². The summed E-state index contributed by atoms with van der Waals surface area (Å²) >= 11 is 2.25. The average molecular weight is 332 g/mol. The monoisotopic (exact) mass is 332 g/mol. The van der Waals surface area contributed by atoms with Gasteiger partial charge in [0.1, 0.15) is 0 Å². The van der Waals surface area contributed by atoms with Crippen molar-refractivity contribution < 1.29 is 4.79 Å². The normalized spacial score (nSPS) is 10.1. The lowest BCUT2D eigenvalue weighted by Crippen LogP contribution is -2.32. The lowest BCUT2D eigenvalue weighted by Gasteiger charge is -2.05. The number of nitrogens with one attached hydrogen (secondary N) is 2. The highest BCUT2D eigenvalue weighted by Crippen LogP contribution is 2.07. The smallest absolute Gasteiger partial charge is 0.224 e. The quantitative estimate of drug-likeness (QED) is 0.613. The van der Waals surface area contributed by atoms with Gasteiger partial charge in [0.15, 0.2) is 0 Å². The molecule has 0 aliphatic heterocycles. The van der Waals surface area contributed by atoms with Gasteiger partial charge in [-0.25, -0.2) is 0 Å². The summed E-state index contributed by atoms with van der Waals surface area (Å²) in [5, 5.41) is 6.04. The Bertz CT molecular complexity index is 342. The fourth-order valence-electron chi connectivity index (χ4n) is 1.36. The van der Waals surface area contributed by atoms with E-state index in [4.69, 9.17) is 0 Å². The first-order chi connectivity index (χ1) is 7.72. The first kappa shape index (κ1) is 13.4. The highest BCUT2D eigenvalue weighted by atomic mass is 127. The van der Waals surface area contributed by atoms with Crippen LogP contribution in [-0.2, 0) is 11.2 Å². The standard InChI is InChI=1S/C12H17IN2O/c1-2-14-6-7-15-12(16)9-10-4-3-5-11(13)8-10/h3-5,8,14H,2,6-7,9H2,1H3,(H,15,16). The van der Waals surface area contributed by atoms with Gasteiger partial charge in [0.2, 0.25) is 5.91 Å². The van der Waals surface area contributed by atoms with Crippen LogP contribution in [-0.4, -0.2) is 25.5 Å². The maximum absolute atomic E-state index is 11.5. The second-order valence-electron chi connectivity index (χ2n) is 3.51. The number of carbonyl (C=O) groups is 1. The van der Waals surface area contributed by atoms with Crippen molar-refractivity contribution in [1.29, 1.82) is 0 Å². The molecule has 2 N–H and O–H groups in total. The number of likely N-dealkylation sites (N-methyl/N-ethyl adjacent to an activating group) is 1. The molecule has 1 aromatic carbocycles. The maximum Gasteiger partial charge on any atom is 0.224 e. The summed E-state index contributed by atoms with van der Waals surface area (Å²) < 4.78 is 1.16. The number of hydrogen-bond donors (Lipinski definition) is 2. The minimum atomic E-state index is 0.0832. The summed E-state index contributed by atoms with van der Waals surface area (Å²) in [5.41, 5.74) is 1.06. The number of carbonyl (C=O) groups excluding carboxylic acids is 1. The molecule has 16 heavy (non-hydrogen) atoms. The Labute approximate surface area is 110 Å². The van der Waals surface area contributed by atoms with E-state index in [2.05, 4.69) is 33.2 Å². The Balaban J connectivity index is 2.29. The molecule has 0 saturated heterocycles. The molecule has 3 nitrogen and oxygen atoms in total. The van der Waals surface area contributed by atoms with Gasteiger partial charge in [-0.2, -0.15) is 0 Å². The molecule has 0 radical (unpaired) electrons. The van der Waals surface area contributed by atoms with Gasteiger partial charge >= 0.3 is 0 Å². The van der Waals surface area contributed by atoms with Crippen molar-refractivity contribution >= 4 is 28.5 Å². The molecule has 88 valence electrons. The number of rotatable bonds is 6. The third-order valence-electron chi connectivity index (χ3n) is 2.13. The Hall–Kier alpha value is -0.620. The van der Waals surface area contributed by atoms with Crippen LogP contribution in [0.2, 0.25) is 0 Å². The minimum absolute atomic E-state index is 0.0832. The topological polar surface area (TPSA) is 41.1 Å². The predicted molar refractivity (Wildman–Crippen MR) is 74.4 cm³/mol. The highest BCUT2D eigenvalue weighted by molar-refractivity contribution is 14.1. The van der Waals surface area contributed by atoms with Gasteiger partial charge in [0.05, 0.1) is 6.42 Å². The van der Waals surface area contributed by atoms with E-state index in [1.807, 2.05) is 31.2 Å². The lowest BCUT2D eigenvalue weighted by atomic mass is 10.1. The molecule has 0 bridgehead atoms. The summed E-state index contributed by atoms with van der Waals surface area (Å²) in [6.07, 6.45) is 0.461. The fraction of sp³-hybridized carbons (Fsp3) is 0.417. The maximum atomic E-state index is 11.5. The van der Waals surface area contributed by atoms with Crippen LogP contribution in [0.3, 0.4) is 0 Å². The number of benzene rings is 1. The van der Waals surface area contributed by atoms with Crippen LogP contribution >= 0.6 is 22.6 Å². The van der Waals surface area contributed by atoms with E-state index >= 15 is 0 Å². The number of hydrogen-bond acceptors (Lipinski definition) is 2. The van der Waals surface area contributed by atoms with Crippen molar-refractivity contribution in [2.75, 3.05) is 19.6 Å². The Kier molecular flexibility index (Phi) is 6.40. The molecule has 0 spiro atoms. The fourth-order valence-corrected chi connectivity index (χ4v) is 1.97. The van der Waals surface area contributed by atoms with Crippen molar-refractivity contribution in [2.45, 2.75) is 13.3 Å². The third kappa shape index (κ3) is 5.46. The zero-order valence-corrected chi connectivity index (χ0v) is 11.6. The van der Waals surface area contributed by atoms with Crippen LogP contribution in [0, 0.1) is 3.57 Å². The van der Waals surface area contributed by atoms with E-state index in [-0.39, 0.29) is 5.91 Å². The molecular formula is C12H17IN2O. The molecule has 0 fully saturated rings. The van der Waals surface area contributed by atoms with Crippen molar-refractivity contribution in [1.82, 2.24) is 10.6 Å². The molecule has 0 saturated carbocycles. The van der Waals surface area contributed by atoms with Crippen LogP contribution < -0.4 is 10.6 Å². The molecule has 0 aromatic heterocycles. The first-order valence-corrected chi connectivity index (χ1v) is 6.52. The molecule has 0 unspecified atom stereocenters. The first-order valence-electron chi connectivity index (χ1n) is 5.44. The molecule has 0 heterocycles. The van der Waals surface area contributed by atoms with E-state index in [0.29, 0.717) is 13.0 Å². The zero-order chi connectivity index (χ0) is 11.8. The SMILES string of the molecule is CCNCCNC(=O)Cc1cccc(I)c1. The lowest BCUT2D eigenvalue weighted by molar-refractivity contribution is -0.120. The Morgan fingerprint density at radius 2 is 2.19 bits per heavy atom. The molecule has 0 aliphatic carbocycles. The summed E-state index contributed by atoms with van der Waals surface area (Å²) in [6.45, 7) is 4.51. The van der Waals surface area contributed by atoms with Gasteiger partial charge in [-0.05, 0) is 46.8 Å². The second kappa shape index (κ2) is 7.62.